The number of rotatable bonds is 6. The predicted molar refractivity (Wildman–Crippen MR) is 81.2 cm³/mol. The predicted octanol–water partition coefficient (Wildman–Crippen LogP) is 2.40. The van der Waals surface area contributed by atoms with Crippen LogP contribution in [-0.2, 0) is 19.1 Å². The highest BCUT2D eigenvalue weighted by atomic mass is 35.5. The van der Waals surface area contributed by atoms with Crippen molar-refractivity contribution in [2.24, 2.45) is 0 Å². The SMILES string of the molecule is COc1ccc(Cl)cc1NCCC(=O)OC1CC(C)OC1=O. The van der Waals surface area contributed by atoms with Crippen LogP contribution in [0.15, 0.2) is 18.2 Å². The molecule has 0 aliphatic carbocycles. The van der Waals surface area contributed by atoms with E-state index in [1.807, 2.05) is 0 Å². The minimum absolute atomic E-state index is 0.119. The number of anilines is 1. The molecule has 120 valence electrons. The molecule has 0 spiro atoms. The zero-order chi connectivity index (χ0) is 16.1. The maximum absolute atomic E-state index is 11.7. The van der Waals surface area contributed by atoms with Crippen LogP contribution >= 0.6 is 11.6 Å². The maximum Gasteiger partial charge on any atom is 0.347 e. The summed E-state index contributed by atoms with van der Waals surface area (Å²) in [6, 6.07) is 5.16. The van der Waals surface area contributed by atoms with Gasteiger partial charge in [0.15, 0.2) is 0 Å². The first-order valence-electron chi connectivity index (χ1n) is 6.97. The molecule has 7 heteroatoms. The van der Waals surface area contributed by atoms with Crippen molar-refractivity contribution in [3.05, 3.63) is 23.2 Å². The molecule has 1 N–H and O–H groups in total. The van der Waals surface area contributed by atoms with E-state index >= 15 is 0 Å². The first-order chi connectivity index (χ1) is 10.5. The highest BCUT2D eigenvalue weighted by molar-refractivity contribution is 6.30. The van der Waals surface area contributed by atoms with Crippen molar-refractivity contribution in [3.63, 3.8) is 0 Å². The number of hydrogen-bond donors (Lipinski definition) is 1. The van der Waals surface area contributed by atoms with Crippen LogP contribution in [0.4, 0.5) is 5.69 Å². The van der Waals surface area contributed by atoms with Crippen LogP contribution in [-0.4, -0.2) is 37.8 Å². The Balaban J connectivity index is 1.80. The summed E-state index contributed by atoms with van der Waals surface area (Å²) in [6.07, 6.45) is -0.476. The van der Waals surface area contributed by atoms with Gasteiger partial charge in [-0.1, -0.05) is 11.6 Å². The average molecular weight is 328 g/mol. The fraction of sp³-hybridized carbons (Fsp3) is 0.467. The standard InChI is InChI=1S/C15H18ClNO5/c1-9-7-13(15(19)21-9)22-14(18)5-6-17-11-8-10(16)3-4-12(11)20-2/h3-4,8-9,13,17H,5-7H2,1-2H3. The van der Waals surface area contributed by atoms with Crippen molar-refractivity contribution in [1.29, 1.82) is 0 Å². The molecule has 2 unspecified atom stereocenters. The molecule has 0 amide bonds. The summed E-state index contributed by atoms with van der Waals surface area (Å²) >= 11 is 5.92. The Hall–Kier alpha value is -1.95. The van der Waals surface area contributed by atoms with Crippen molar-refractivity contribution >= 4 is 29.2 Å². The van der Waals surface area contributed by atoms with E-state index in [4.69, 9.17) is 25.8 Å². The summed E-state index contributed by atoms with van der Waals surface area (Å²) in [7, 11) is 1.55. The Morgan fingerprint density at radius 2 is 2.27 bits per heavy atom. The maximum atomic E-state index is 11.7. The Kier molecular flexibility index (Phi) is 5.49. The van der Waals surface area contributed by atoms with Crippen molar-refractivity contribution in [2.75, 3.05) is 19.0 Å². The lowest BCUT2D eigenvalue weighted by atomic mass is 10.2. The van der Waals surface area contributed by atoms with Crippen LogP contribution in [0, 0.1) is 0 Å². The first-order valence-corrected chi connectivity index (χ1v) is 7.34. The smallest absolute Gasteiger partial charge is 0.347 e. The van der Waals surface area contributed by atoms with Gasteiger partial charge in [-0.25, -0.2) is 4.79 Å². The van der Waals surface area contributed by atoms with E-state index in [0.29, 0.717) is 29.4 Å². The summed E-state index contributed by atoms with van der Waals surface area (Å²) in [4.78, 5) is 23.1. The van der Waals surface area contributed by atoms with Crippen molar-refractivity contribution in [3.8, 4) is 5.75 Å². The fourth-order valence-electron chi connectivity index (χ4n) is 2.15. The second kappa shape index (κ2) is 7.35. The summed E-state index contributed by atoms with van der Waals surface area (Å²) in [5.41, 5.74) is 0.691. The van der Waals surface area contributed by atoms with E-state index in [2.05, 4.69) is 5.32 Å². The van der Waals surface area contributed by atoms with Gasteiger partial charge in [-0.2, -0.15) is 0 Å². The normalized spacial score (nSPS) is 20.4. The molecule has 2 rings (SSSR count). The van der Waals surface area contributed by atoms with Gasteiger partial charge in [0, 0.05) is 18.0 Å². The third-order valence-corrected chi connectivity index (χ3v) is 3.44. The molecular formula is C15H18ClNO5. The molecule has 1 heterocycles. The summed E-state index contributed by atoms with van der Waals surface area (Å²) in [6.45, 7) is 2.10. The zero-order valence-electron chi connectivity index (χ0n) is 12.4. The van der Waals surface area contributed by atoms with Gasteiger partial charge in [-0.3, -0.25) is 4.79 Å². The number of carbonyl (C=O) groups is 2. The molecule has 22 heavy (non-hydrogen) atoms. The number of benzene rings is 1. The van der Waals surface area contributed by atoms with E-state index in [-0.39, 0.29) is 12.5 Å². The molecule has 2 atom stereocenters. The van der Waals surface area contributed by atoms with Crippen LogP contribution in [0.3, 0.4) is 0 Å². The average Bonchev–Trinajstić information content (AvgIpc) is 2.77. The van der Waals surface area contributed by atoms with Gasteiger partial charge >= 0.3 is 11.9 Å². The second-order valence-electron chi connectivity index (χ2n) is 4.98. The molecule has 1 aliphatic heterocycles. The minimum atomic E-state index is -0.789. The van der Waals surface area contributed by atoms with E-state index < -0.39 is 18.0 Å². The quantitative estimate of drug-likeness (QED) is 0.809. The fourth-order valence-corrected chi connectivity index (χ4v) is 2.32. The monoisotopic (exact) mass is 327 g/mol. The van der Waals surface area contributed by atoms with Gasteiger partial charge in [-0.15, -0.1) is 0 Å². The molecule has 6 nitrogen and oxygen atoms in total. The third-order valence-electron chi connectivity index (χ3n) is 3.21. The van der Waals surface area contributed by atoms with Crippen molar-refractivity contribution < 1.29 is 23.8 Å². The van der Waals surface area contributed by atoms with Crippen molar-refractivity contribution in [2.45, 2.75) is 32.0 Å². The molecule has 0 bridgehead atoms. The van der Waals surface area contributed by atoms with E-state index in [9.17, 15) is 9.59 Å². The summed E-state index contributed by atoms with van der Waals surface area (Å²) in [5.74, 6) is -0.305. The zero-order valence-corrected chi connectivity index (χ0v) is 13.2. The van der Waals surface area contributed by atoms with E-state index in [0.717, 1.165) is 0 Å². The molecule has 0 aromatic heterocycles. The van der Waals surface area contributed by atoms with Crippen LogP contribution in [0.5, 0.6) is 5.75 Å². The van der Waals surface area contributed by atoms with Crippen molar-refractivity contribution in [1.82, 2.24) is 0 Å². The highest BCUT2D eigenvalue weighted by Crippen LogP contribution is 2.27. The van der Waals surface area contributed by atoms with Gasteiger partial charge in [0.1, 0.15) is 11.9 Å². The number of nitrogens with one attached hydrogen (secondary N) is 1. The number of ether oxygens (including phenoxy) is 3. The molecule has 0 saturated carbocycles. The highest BCUT2D eigenvalue weighted by Gasteiger charge is 2.34. The lowest BCUT2D eigenvalue weighted by Crippen LogP contribution is -2.23. The first kappa shape index (κ1) is 16.4. The van der Waals surface area contributed by atoms with Gasteiger partial charge in [0.25, 0.3) is 0 Å². The van der Waals surface area contributed by atoms with Gasteiger partial charge in [0.05, 0.1) is 19.2 Å². The molecule has 1 aliphatic rings. The Morgan fingerprint density at radius 3 is 2.91 bits per heavy atom. The van der Waals surface area contributed by atoms with Gasteiger partial charge in [-0.05, 0) is 25.1 Å². The molecule has 1 saturated heterocycles. The number of carbonyl (C=O) groups excluding carboxylic acids is 2. The largest absolute Gasteiger partial charge is 0.495 e. The minimum Gasteiger partial charge on any atom is -0.495 e. The van der Waals surface area contributed by atoms with E-state index in [1.165, 1.54) is 0 Å². The number of hydrogen-bond acceptors (Lipinski definition) is 6. The lowest BCUT2D eigenvalue weighted by Gasteiger charge is -2.12. The van der Waals surface area contributed by atoms with E-state index in [1.54, 1.807) is 32.2 Å². The molecule has 1 aromatic carbocycles. The van der Waals surface area contributed by atoms with Crippen LogP contribution in [0.25, 0.3) is 0 Å². The number of methoxy groups -OCH3 is 1. The number of halogens is 1. The summed E-state index contributed by atoms with van der Waals surface area (Å²) < 4.78 is 15.2. The lowest BCUT2D eigenvalue weighted by molar-refractivity contribution is -0.160. The molecular weight excluding hydrogens is 310 g/mol. The Bertz CT molecular complexity index is 563. The number of cyclic esters (lactones) is 1. The summed E-state index contributed by atoms with van der Waals surface area (Å²) in [5, 5.41) is 3.62. The van der Waals surface area contributed by atoms with Gasteiger partial charge < -0.3 is 19.5 Å². The number of esters is 2. The molecule has 0 radical (unpaired) electrons. The topological polar surface area (TPSA) is 73.9 Å². The Morgan fingerprint density at radius 1 is 1.50 bits per heavy atom. The Labute approximate surface area is 133 Å². The second-order valence-corrected chi connectivity index (χ2v) is 5.42. The van der Waals surface area contributed by atoms with Crippen LogP contribution < -0.4 is 10.1 Å². The molecule has 1 aromatic rings. The third kappa shape index (κ3) is 4.27. The molecule has 1 fully saturated rings. The van der Waals surface area contributed by atoms with Crippen LogP contribution in [0.1, 0.15) is 19.8 Å². The van der Waals surface area contributed by atoms with Gasteiger partial charge in [0.2, 0.25) is 6.10 Å². The van der Waals surface area contributed by atoms with Crippen LogP contribution in [0.2, 0.25) is 5.02 Å².